The lowest BCUT2D eigenvalue weighted by Crippen LogP contribution is -2.38. The van der Waals surface area contributed by atoms with Gasteiger partial charge < -0.3 is 14.4 Å². The molecule has 0 saturated carbocycles. The van der Waals surface area contributed by atoms with Gasteiger partial charge in [0.2, 0.25) is 0 Å². The molecule has 0 atom stereocenters. The number of hydrogen-bond acceptors (Lipinski definition) is 8. The SMILES string of the molecule is CCOc1ccc(OCC(=O)N2CCc3nc(NC(=O)c4cnccn4)sc3C2)cc1. The summed E-state index contributed by atoms with van der Waals surface area (Å²) in [6.07, 6.45) is 4.99. The first kappa shape index (κ1) is 20.7. The van der Waals surface area contributed by atoms with E-state index in [1.54, 1.807) is 17.0 Å². The predicted molar refractivity (Wildman–Crippen MR) is 114 cm³/mol. The van der Waals surface area contributed by atoms with E-state index >= 15 is 0 Å². The van der Waals surface area contributed by atoms with E-state index in [4.69, 9.17) is 9.47 Å². The van der Waals surface area contributed by atoms with E-state index in [-0.39, 0.29) is 24.1 Å². The largest absolute Gasteiger partial charge is 0.494 e. The maximum atomic E-state index is 12.6. The minimum absolute atomic E-state index is 0.0433. The van der Waals surface area contributed by atoms with Crippen LogP contribution in [0.15, 0.2) is 42.9 Å². The lowest BCUT2D eigenvalue weighted by Gasteiger charge is -2.26. The number of nitrogens with one attached hydrogen (secondary N) is 1. The second kappa shape index (κ2) is 9.52. The third kappa shape index (κ3) is 5.15. The summed E-state index contributed by atoms with van der Waals surface area (Å²) in [5, 5.41) is 3.23. The van der Waals surface area contributed by atoms with Crippen LogP contribution in [0.5, 0.6) is 11.5 Å². The Morgan fingerprint density at radius 2 is 1.94 bits per heavy atom. The van der Waals surface area contributed by atoms with Crippen LogP contribution < -0.4 is 14.8 Å². The molecule has 160 valence electrons. The minimum atomic E-state index is -0.365. The number of fused-ring (bicyclic) bond motifs is 1. The van der Waals surface area contributed by atoms with Gasteiger partial charge in [-0.2, -0.15) is 0 Å². The van der Waals surface area contributed by atoms with Gasteiger partial charge in [-0.15, -0.1) is 0 Å². The number of rotatable bonds is 7. The first-order chi connectivity index (χ1) is 15.1. The van der Waals surface area contributed by atoms with E-state index in [9.17, 15) is 9.59 Å². The number of carbonyl (C=O) groups is 2. The second-order valence-corrected chi connectivity index (χ2v) is 7.78. The normalized spacial score (nSPS) is 12.7. The fraction of sp³-hybridized carbons (Fsp3) is 0.286. The van der Waals surface area contributed by atoms with Crippen molar-refractivity contribution in [2.45, 2.75) is 19.9 Å². The summed E-state index contributed by atoms with van der Waals surface area (Å²) < 4.78 is 11.0. The quantitative estimate of drug-likeness (QED) is 0.603. The average Bonchev–Trinajstić information content (AvgIpc) is 3.20. The first-order valence-electron chi connectivity index (χ1n) is 9.81. The Bertz CT molecular complexity index is 1060. The van der Waals surface area contributed by atoms with Crippen LogP contribution in [-0.4, -0.2) is 51.4 Å². The number of ether oxygens (including phenoxy) is 2. The van der Waals surface area contributed by atoms with E-state index < -0.39 is 0 Å². The molecule has 31 heavy (non-hydrogen) atoms. The number of thiazole rings is 1. The molecule has 2 aromatic heterocycles. The van der Waals surface area contributed by atoms with Crippen molar-refractivity contribution in [3.63, 3.8) is 0 Å². The Kier molecular flexibility index (Phi) is 6.37. The van der Waals surface area contributed by atoms with Crippen molar-refractivity contribution in [1.29, 1.82) is 0 Å². The van der Waals surface area contributed by atoms with Crippen LogP contribution in [-0.2, 0) is 17.8 Å². The molecule has 1 aromatic carbocycles. The number of carbonyl (C=O) groups excluding carboxylic acids is 2. The Morgan fingerprint density at radius 1 is 1.16 bits per heavy atom. The van der Waals surface area contributed by atoms with E-state index in [1.165, 1.54) is 29.9 Å². The fourth-order valence-electron chi connectivity index (χ4n) is 3.07. The molecule has 0 aliphatic carbocycles. The molecule has 1 N–H and O–H groups in total. The zero-order chi connectivity index (χ0) is 21.6. The average molecular weight is 439 g/mol. The molecule has 0 radical (unpaired) electrons. The third-order valence-electron chi connectivity index (χ3n) is 4.60. The third-order valence-corrected chi connectivity index (χ3v) is 5.60. The Labute approximate surface area is 183 Å². The van der Waals surface area contributed by atoms with E-state index in [1.807, 2.05) is 19.1 Å². The first-order valence-corrected chi connectivity index (χ1v) is 10.6. The van der Waals surface area contributed by atoms with E-state index in [0.29, 0.717) is 37.0 Å². The zero-order valence-electron chi connectivity index (χ0n) is 16.9. The molecule has 10 heteroatoms. The lowest BCUT2D eigenvalue weighted by molar-refractivity contribution is -0.134. The molecule has 0 saturated heterocycles. The molecule has 0 spiro atoms. The highest BCUT2D eigenvalue weighted by Crippen LogP contribution is 2.28. The molecule has 4 rings (SSSR count). The van der Waals surface area contributed by atoms with Gasteiger partial charge in [-0.25, -0.2) is 9.97 Å². The monoisotopic (exact) mass is 439 g/mol. The number of hydrogen-bond donors (Lipinski definition) is 1. The highest BCUT2D eigenvalue weighted by atomic mass is 32.1. The zero-order valence-corrected chi connectivity index (χ0v) is 17.7. The van der Waals surface area contributed by atoms with Crippen LogP contribution >= 0.6 is 11.3 Å². The standard InChI is InChI=1S/C21H21N5O4S/c1-2-29-14-3-5-15(6-4-14)30-13-19(27)26-10-7-16-18(12-26)31-21(24-16)25-20(28)17-11-22-8-9-23-17/h3-6,8-9,11H,2,7,10,12-13H2,1H3,(H,24,25,28). The number of amides is 2. The van der Waals surface area contributed by atoms with Crippen LogP contribution in [0.3, 0.4) is 0 Å². The van der Waals surface area contributed by atoms with Gasteiger partial charge in [-0.05, 0) is 31.2 Å². The molecular weight excluding hydrogens is 418 g/mol. The van der Waals surface area contributed by atoms with Crippen molar-refractivity contribution in [3.05, 3.63) is 59.1 Å². The molecule has 1 aliphatic heterocycles. The minimum Gasteiger partial charge on any atom is -0.494 e. The summed E-state index contributed by atoms with van der Waals surface area (Å²) >= 11 is 1.36. The summed E-state index contributed by atoms with van der Waals surface area (Å²) in [4.78, 5) is 39.9. The van der Waals surface area contributed by atoms with Gasteiger partial charge in [0, 0.05) is 30.2 Å². The van der Waals surface area contributed by atoms with Crippen LogP contribution in [0, 0.1) is 0 Å². The van der Waals surface area contributed by atoms with Crippen LogP contribution in [0.25, 0.3) is 0 Å². The summed E-state index contributed by atoms with van der Waals surface area (Å²) in [6.45, 7) is 3.47. The van der Waals surface area contributed by atoms with Gasteiger partial charge in [0.15, 0.2) is 11.7 Å². The summed E-state index contributed by atoms with van der Waals surface area (Å²) in [5.41, 5.74) is 1.12. The predicted octanol–water partition coefficient (Wildman–Crippen LogP) is 2.55. The van der Waals surface area contributed by atoms with Crippen molar-refractivity contribution < 1.29 is 19.1 Å². The summed E-state index contributed by atoms with van der Waals surface area (Å²) in [5.74, 6) is 0.910. The van der Waals surface area contributed by atoms with Crippen LogP contribution in [0.2, 0.25) is 0 Å². The van der Waals surface area contributed by atoms with Gasteiger partial charge in [0.1, 0.15) is 17.2 Å². The number of benzene rings is 1. The Morgan fingerprint density at radius 3 is 2.65 bits per heavy atom. The highest BCUT2D eigenvalue weighted by molar-refractivity contribution is 7.15. The summed E-state index contributed by atoms with van der Waals surface area (Å²) in [7, 11) is 0. The van der Waals surface area contributed by atoms with Crippen LogP contribution in [0.4, 0.5) is 5.13 Å². The maximum Gasteiger partial charge on any atom is 0.277 e. The van der Waals surface area contributed by atoms with E-state index in [0.717, 1.165) is 16.3 Å². The molecule has 2 amide bonds. The van der Waals surface area contributed by atoms with Gasteiger partial charge in [-0.3, -0.25) is 19.9 Å². The van der Waals surface area contributed by atoms with Gasteiger partial charge in [0.25, 0.3) is 11.8 Å². The molecule has 1 aliphatic rings. The molecule has 3 heterocycles. The number of anilines is 1. The molecule has 0 fully saturated rings. The fourth-order valence-corrected chi connectivity index (χ4v) is 4.09. The van der Waals surface area contributed by atoms with Gasteiger partial charge in [0.05, 0.1) is 25.0 Å². The van der Waals surface area contributed by atoms with Crippen molar-refractivity contribution in [2.75, 3.05) is 25.1 Å². The van der Waals surface area contributed by atoms with Crippen molar-refractivity contribution in [2.24, 2.45) is 0 Å². The second-order valence-electron chi connectivity index (χ2n) is 6.69. The van der Waals surface area contributed by atoms with Gasteiger partial charge in [-0.1, -0.05) is 11.3 Å². The molecule has 3 aromatic rings. The molecule has 0 bridgehead atoms. The summed E-state index contributed by atoms with van der Waals surface area (Å²) in [6, 6.07) is 7.18. The van der Waals surface area contributed by atoms with Crippen molar-refractivity contribution in [3.8, 4) is 11.5 Å². The van der Waals surface area contributed by atoms with Crippen molar-refractivity contribution in [1.82, 2.24) is 19.9 Å². The molecule has 9 nitrogen and oxygen atoms in total. The number of aromatic nitrogens is 3. The van der Waals surface area contributed by atoms with Gasteiger partial charge >= 0.3 is 0 Å². The topological polar surface area (TPSA) is 107 Å². The van der Waals surface area contributed by atoms with E-state index in [2.05, 4.69) is 20.3 Å². The maximum absolute atomic E-state index is 12.6. The lowest BCUT2D eigenvalue weighted by atomic mass is 10.2. The Hall–Kier alpha value is -3.53. The highest BCUT2D eigenvalue weighted by Gasteiger charge is 2.25. The Balaban J connectivity index is 1.32. The smallest absolute Gasteiger partial charge is 0.277 e. The van der Waals surface area contributed by atoms with Crippen molar-refractivity contribution >= 4 is 28.3 Å². The molecular formula is C21H21N5O4S. The van der Waals surface area contributed by atoms with Crippen LogP contribution in [0.1, 0.15) is 28.0 Å². The number of nitrogens with zero attached hydrogens (tertiary/aromatic N) is 4. The molecule has 0 unspecified atom stereocenters.